The minimum Gasteiger partial charge on any atom is -0.467 e. The number of nitrogens with one attached hydrogen (secondary N) is 1. The summed E-state index contributed by atoms with van der Waals surface area (Å²) in [6.07, 6.45) is 3.02. The lowest BCUT2D eigenvalue weighted by atomic mass is 10.0. The molecule has 164 valence electrons. The number of imide groups is 2. The first-order valence-corrected chi connectivity index (χ1v) is 10.5. The third-order valence-electron chi connectivity index (χ3n) is 5.65. The number of carbonyl (C=O) groups is 3. The Labute approximate surface area is 186 Å². The molecule has 3 heterocycles. The van der Waals surface area contributed by atoms with Crippen LogP contribution in [0.15, 0.2) is 58.7 Å². The Morgan fingerprint density at radius 1 is 1.06 bits per heavy atom. The average Bonchev–Trinajstić information content (AvgIpc) is 3.36. The van der Waals surface area contributed by atoms with Gasteiger partial charge in [0.1, 0.15) is 11.3 Å². The van der Waals surface area contributed by atoms with Crippen LogP contribution in [0.4, 0.5) is 4.79 Å². The molecule has 1 fully saturated rings. The summed E-state index contributed by atoms with van der Waals surface area (Å²) in [5.74, 6) is -0.572. The number of benzene rings is 1. The first kappa shape index (κ1) is 21.4. The largest absolute Gasteiger partial charge is 0.467 e. The number of nitrogens with zero attached hydrogens (tertiary/aromatic N) is 2. The molecule has 1 N–H and O–H groups in total. The number of aryl methyl sites for hydroxylation is 1. The van der Waals surface area contributed by atoms with E-state index in [0.29, 0.717) is 11.7 Å². The van der Waals surface area contributed by atoms with Gasteiger partial charge in [-0.2, -0.15) is 0 Å². The standard InChI is InChI=1S/C25H25N3O4/c1-15(2)20-9-5-6-10-22(20)28-16(3)12-18(17(28)4)13-21-23(29)26-25(31)27(24(21)30)14-19-8-7-11-32-19/h5-13,15H,14H2,1-4H3,(H,26,29,31)/b21-13+. The van der Waals surface area contributed by atoms with Crippen molar-refractivity contribution in [1.82, 2.24) is 14.8 Å². The second-order valence-electron chi connectivity index (χ2n) is 8.16. The highest BCUT2D eigenvalue weighted by molar-refractivity contribution is 6.31. The third kappa shape index (κ3) is 3.77. The Morgan fingerprint density at radius 3 is 2.50 bits per heavy atom. The van der Waals surface area contributed by atoms with Gasteiger partial charge in [0.2, 0.25) is 0 Å². The molecule has 0 radical (unpaired) electrons. The zero-order chi connectivity index (χ0) is 23.0. The molecular weight excluding hydrogens is 406 g/mol. The topological polar surface area (TPSA) is 84.6 Å². The predicted octanol–water partition coefficient (Wildman–Crippen LogP) is 4.47. The molecular formula is C25H25N3O4. The molecule has 2 aromatic heterocycles. The summed E-state index contributed by atoms with van der Waals surface area (Å²) in [7, 11) is 0. The average molecular weight is 431 g/mol. The number of hydrogen-bond acceptors (Lipinski definition) is 4. The van der Waals surface area contributed by atoms with Crippen molar-refractivity contribution in [1.29, 1.82) is 0 Å². The van der Waals surface area contributed by atoms with Gasteiger partial charge >= 0.3 is 6.03 Å². The van der Waals surface area contributed by atoms with Crippen molar-refractivity contribution in [3.8, 4) is 5.69 Å². The molecule has 7 nitrogen and oxygen atoms in total. The molecule has 1 aliphatic heterocycles. The summed E-state index contributed by atoms with van der Waals surface area (Å²) >= 11 is 0. The van der Waals surface area contributed by atoms with Crippen LogP contribution in [0.3, 0.4) is 0 Å². The van der Waals surface area contributed by atoms with E-state index in [4.69, 9.17) is 4.42 Å². The molecule has 4 rings (SSSR count). The fourth-order valence-corrected chi connectivity index (χ4v) is 4.04. The molecule has 1 aromatic carbocycles. The van der Waals surface area contributed by atoms with E-state index < -0.39 is 17.8 Å². The Morgan fingerprint density at radius 2 is 1.81 bits per heavy atom. The highest BCUT2D eigenvalue weighted by Gasteiger charge is 2.36. The van der Waals surface area contributed by atoms with E-state index in [9.17, 15) is 14.4 Å². The van der Waals surface area contributed by atoms with Crippen LogP contribution in [0, 0.1) is 13.8 Å². The van der Waals surface area contributed by atoms with Crippen LogP contribution < -0.4 is 5.32 Å². The van der Waals surface area contributed by atoms with E-state index in [1.54, 1.807) is 18.2 Å². The number of barbiturate groups is 1. The second kappa shape index (κ2) is 8.34. The minimum atomic E-state index is -0.759. The van der Waals surface area contributed by atoms with Gasteiger partial charge in [-0.1, -0.05) is 32.0 Å². The number of para-hydroxylation sites is 1. The second-order valence-corrected chi connectivity index (χ2v) is 8.16. The fraction of sp³-hybridized carbons (Fsp3) is 0.240. The van der Waals surface area contributed by atoms with E-state index in [0.717, 1.165) is 27.5 Å². The van der Waals surface area contributed by atoms with Crippen molar-refractivity contribution in [2.45, 2.75) is 40.2 Å². The normalized spacial score (nSPS) is 15.7. The summed E-state index contributed by atoms with van der Waals surface area (Å²) in [4.78, 5) is 38.7. The first-order valence-electron chi connectivity index (χ1n) is 10.5. The summed E-state index contributed by atoms with van der Waals surface area (Å²) in [5.41, 5.74) is 4.81. The quantitative estimate of drug-likeness (QED) is 0.477. The highest BCUT2D eigenvalue weighted by Crippen LogP contribution is 2.29. The van der Waals surface area contributed by atoms with Crippen molar-refractivity contribution in [3.05, 3.63) is 82.6 Å². The maximum atomic E-state index is 13.0. The van der Waals surface area contributed by atoms with Crippen LogP contribution in [-0.2, 0) is 16.1 Å². The Hall–Kier alpha value is -3.87. The van der Waals surface area contributed by atoms with Crippen LogP contribution >= 0.6 is 0 Å². The summed E-state index contributed by atoms with van der Waals surface area (Å²) in [5, 5.41) is 2.25. The van der Waals surface area contributed by atoms with Gasteiger partial charge in [-0.15, -0.1) is 0 Å². The molecule has 0 unspecified atom stereocenters. The number of amides is 4. The van der Waals surface area contributed by atoms with Crippen LogP contribution in [0.2, 0.25) is 0 Å². The number of rotatable bonds is 5. The molecule has 0 aliphatic carbocycles. The van der Waals surface area contributed by atoms with Gasteiger partial charge < -0.3 is 8.98 Å². The van der Waals surface area contributed by atoms with E-state index in [1.165, 1.54) is 11.8 Å². The van der Waals surface area contributed by atoms with E-state index >= 15 is 0 Å². The van der Waals surface area contributed by atoms with Crippen molar-refractivity contribution < 1.29 is 18.8 Å². The maximum absolute atomic E-state index is 13.0. The first-order chi connectivity index (χ1) is 15.3. The number of aromatic nitrogens is 1. The number of hydrogen-bond donors (Lipinski definition) is 1. The fourth-order valence-electron chi connectivity index (χ4n) is 4.04. The number of furan rings is 1. The molecule has 0 saturated carbocycles. The number of urea groups is 1. The molecule has 0 atom stereocenters. The molecule has 0 bridgehead atoms. The van der Waals surface area contributed by atoms with Crippen LogP contribution in [0.1, 0.15) is 48.0 Å². The molecule has 1 saturated heterocycles. The zero-order valence-corrected chi connectivity index (χ0v) is 18.5. The van der Waals surface area contributed by atoms with Gasteiger partial charge in [0, 0.05) is 17.1 Å². The van der Waals surface area contributed by atoms with Crippen LogP contribution in [-0.4, -0.2) is 27.3 Å². The Balaban J connectivity index is 1.74. The minimum absolute atomic E-state index is 0.0525. The van der Waals surface area contributed by atoms with Crippen LogP contribution in [0.25, 0.3) is 11.8 Å². The number of carbonyl (C=O) groups excluding carboxylic acids is 3. The molecule has 3 aromatic rings. The smallest absolute Gasteiger partial charge is 0.331 e. The van der Waals surface area contributed by atoms with Crippen molar-refractivity contribution in [2.75, 3.05) is 0 Å². The Bertz CT molecular complexity index is 1230. The molecule has 32 heavy (non-hydrogen) atoms. The van der Waals surface area contributed by atoms with Crippen molar-refractivity contribution in [2.24, 2.45) is 0 Å². The lowest BCUT2D eigenvalue weighted by Crippen LogP contribution is -2.53. The van der Waals surface area contributed by atoms with E-state index in [-0.39, 0.29) is 12.1 Å². The highest BCUT2D eigenvalue weighted by atomic mass is 16.3. The van der Waals surface area contributed by atoms with Gasteiger partial charge in [-0.3, -0.25) is 19.8 Å². The van der Waals surface area contributed by atoms with Gasteiger partial charge in [-0.05, 0) is 61.2 Å². The third-order valence-corrected chi connectivity index (χ3v) is 5.65. The van der Waals surface area contributed by atoms with Crippen molar-refractivity contribution in [3.63, 3.8) is 0 Å². The summed E-state index contributed by atoms with van der Waals surface area (Å²) in [6.45, 7) is 8.18. The van der Waals surface area contributed by atoms with Crippen LogP contribution in [0.5, 0.6) is 0 Å². The molecule has 1 aliphatic rings. The van der Waals surface area contributed by atoms with Gasteiger partial charge in [-0.25, -0.2) is 4.79 Å². The molecule has 0 spiro atoms. The molecule has 4 amide bonds. The van der Waals surface area contributed by atoms with E-state index in [1.807, 2.05) is 32.0 Å². The van der Waals surface area contributed by atoms with Gasteiger partial charge in [0.05, 0.1) is 12.8 Å². The summed E-state index contributed by atoms with van der Waals surface area (Å²) in [6, 6.07) is 12.7. The van der Waals surface area contributed by atoms with Gasteiger partial charge in [0.25, 0.3) is 11.8 Å². The van der Waals surface area contributed by atoms with Crippen molar-refractivity contribution >= 4 is 23.9 Å². The predicted molar refractivity (Wildman–Crippen MR) is 120 cm³/mol. The molecule has 7 heteroatoms. The SMILES string of the molecule is Cc1cc(/C=C2\C(=O)NC(=O)N(Cc3ccco3)C2=O)c(C)n1-c1ccccc1C(C)C. The zero-order valence-electron chi connectivity index (χ0n) is 18.5. The van der Waals surface area contributed by atoms with E-state index in [2.05, 4.69) is 35.9 Å². The monoisotopic (exact) mass is 431 g/mol. The lowest BCUT2D eigenvalue weighted by Gasteiger charge is -2.25. The lowest BCUT2D eigenvalue weighted by molar-refractivity contribution is -0.130. The Kier molecular flexibility index (Phi) is 5.57. The maximum Gasteiger partial charge on any atom is 0.331 e. The van der Waals surface area contributed by atoms with Gasteiger partial charge in [0.15, 0.2) is 0 Å². The summed E-state index contributed by atoms with van der Waals surface area (Å²) < 4.78 is 7.37.